The number of thiazole rings is 1. The first kappa shape index (κ1) is 38.9. The number of likely N-dealkylation sites (N-methyl/N-ethyl adjacent to an activating group) is 1. The van der Waals surface area contributed by atoms with E-state index in [4.69, 9.17) is 15.9 Å². The van der Waals surface area contributed by atoms with Crippen molar-refractivity contribution in [2.45, 2.75) is 90.8 Å². The molecule has 0 radical (unpaired) electrons. The van der Waals surface area contributed by atoms with E-state index >= 15 is 0 Å². The van der Waals surface area contributed by atoms with Gasteiger partial charge in [0.2, 0.25) is 5.91 Å². The number of nitrogens with one attached hydrogen (secondary N) is 2. The lowest BCUT2D eigenvalue weighted by Crippen LogP contribution is -2.50. The molecule has 0 bridgehead atoms. The summed E-state index contributed by atoms with van der Waals surface area (Å²) in [6.07, 6.45) is 1.92. The molecule has 47 heavy (non-hydrogen) atoms. The maximum atomic E-state index is 13.8. The number of aromatic amines is 1. The second kappa shape index (κ2) is 18.1. The Morgan fingerprint density at radius 1 is 1.00 bits per heavy atom. The van der Waals surface area contributed by atoms with Crippen LogP contribution in [-0.4, -0.2) is 96.3 Å². The van der Waals surface area contributed by atoms with Gasteiger partial charge in [-0.05, 0) is 11.8 Å². The van der Waals surface area contributed by atoms with E-state index in [0.717, 1.165) is 11.3 Å². The summed E-state index contributed by atoms with van der Waals surface area (Å²) in [7, 11) is 1.53. The second-order valence-corrected chi connectivity index (χ2v) is 12.9. The molecule has 0 spiro atoms. The Morgan fingerprint density at radius 2 is 1.68 bits per heavy atom. The number of hydrogen-bond donors (Lipinski definition) is 5. The van der Waals surface area contributed by atoms with E-state index in [1.807, 2.05) is 13.8 Å². The first-order valence-electron chi connectivity index (χ1n) is 15.3. The monoisotopic (exact) mass is 676 g/mol. The number of hydrogen-bond acceptors (Lipinski definition) is 11. The zero-order valence-electron chi connectivity index (χ0n) is 27.2. The van der Waals surface area contributed by atoms with Gasteiger partial charge in [-0.1, -0.05) is 34.1 Å². The summed E-state index contributed by atoms with van der Waals surface area (Å²) in [5, 5.41) is 21.9. The van der Waals surface area contributed by atoms with Crippen molar-refractivity contribution in [3.8, 4) is 0 Å². The molecule has 6 N–H and O–H groups in total. The fraction of sp³-hybridized carbons (Fsp3) is 0.581. The fourth-order valence-corrected chi connectivity index (χ4v) is 5.96. The van der Waals surface area contributed by atoms with Gasteiger partial charge in [-0.2, -0.15) is 0 Å². The molecule has 16 heteroatoms. The summed E-state index contributed by atoms with van der Waals surface area (Å²) in [5.74, 6) is -6.35. The van der Waals surface area contributed by atoms with Gasteiger partial charge in [0.1, 0.15) is 10.7 Å². The molecule has 2 amide bonds. The number of carbonyl (C=O) groups is 7. The first-order chi connectivity index (χ1) is 22.0. The molecule has 15 nitrogen and oxygen atoms in total. The Kier molecular flexibility index (Phi) is 15.0. The molecular formula is C31H44N6O9S. The van der Waals surface area contributed by atoms with Crippen molar-refractivity contribution in [2.75, 3.05) is 7.05 Å². The number of imidazole rings is 1. The standard InChI is InChI=1S/C31H44N6O9S/c1-6-17(4)19(10-24(39)20(32)9-18-13-33-15-34-18)31(46)37(5)29(16(2)3)25(40)12-26-35-22(14-47-26)30(45)36-21(11-28(43)44)23(38)7-8-27(41)42/h13-17,19-21,29H,6-12,32H2,1-5H3,(H,33,34)(H,36,45)(H,41,42)(H,43,44)/t17?,19-,20?,21-,29-/m0/s1. The fourth-order valence-electron chi connectivity index (χ4n) is 5.17. The van der Waals surface area contributed by atoms with E-state index in [1.54, 1.807) is 20.0 Å². The Bertz CT molecular complexity index is 1420. The topological polar surface area (TPSA) is 243 Å². The lowest BCUT2D eigenvalue weighted by molar-refractivity contribution is -0.145. The van der Waals surface area contributed by atoms with Gasteiger partial charge in [-0.15, -0.1) is 11.3 Å². The van der Waals surface area contributed by atoms with Crippen LogP contribution in [0.4, 0.5) is 0 Å². The molecule has 0 aliphatic rings. The van der Waals surface area contributed by atoms with E-state index in [2.05, 4.69) is 20.3 Å². The minimum atomic E-state index is -1.46. The molecule has 258 valence electrons. The number of ketones is 3. The average molecular weight is 677 g/mol. The molecule has 2 unspecified atom stereocenters. The molecule has 2 aromatic heterocycles. The third-order valence-corrected chi connectivity index (χ3v) is 8.82. The third kappa shape index (κ3) is 11.8. The van der Waals surface area contributed by atoms with Crippen LogP contribution in [0.3, 0.4) is 0 Å². The zero-order valence-corrected chi connectivity index (χ0v) is 28.0. The van der Waals surface area contributed by atoms with Crippen LogP contribution in [0.2, 0.25) is 0 Å². The van der Waals surface area contributed by atoms with Gasteiger partial charge in [0, 0.05) is 49.5 Å². The van der Waals surface area contributed by atoms with Gasteiger partial charge in [-0.25, -0.2) is 9.97 Å². The van der Waals surface area contributed by atoms with Gasteiger partial charge in [0.05, 0.1) is 43.7 Å². The number of nitrogens with zero attached hydrogens (tertiary/aromatic N) is 3. The van der Waals surface area contributed by atoms with Crippen LogP contribution in [0, 0.1) is 17.8 Å². The van der Waals surface area contributed by atoms with Crippen molar-refractivity contribution in [2.24, 2.45) is 23.5 Å². The van der Waals surface area contributed by atoms with Crippen LogP contribution < -0.4 is 11.1 Å². The molecule has 2 rings (SSSR count). The Morgan fingerprint density at radius 3 is 2.23 bits per heavy atom. The highest BCUT2D eigenvalue weighted by Gasteiger charge is 2.37. The van der Waals surface area contributed by atoms with Crippen molar-refractivity contribution in [3.63, 3.8) is 0 Å². The number of carboxylic acids is 2. The van der Waals surface area contributed by atoms with Gasteiger partial charge in [0.15, 0.2) is 17.3 Å². The van der Waals surface area contributed by atoms with Gasteiger partial charge in [-0.3, -0.25) is 33.6 Å². The highest BCUT2D eigenvalue weighted by Crippen LogP contribution is 2.26. The molecule has 0 aromatic carbocycles. The molecule has 2 aromatic rings. The summed E-state index contributed by atoms with van der Waals surface area (Å²) in [6.45, 7) is 7.37. The maximum Gasteiger partial charge on any atom is 0.305 e. The van der Waals surface area contributed by atoms with Crippen LogP contribution in [0.5, 0.6) is 0 Å². The SMILES string of the molecule is CCC(C)[C@H](CC(=O)C(N)Cc1cnc[nH]1)C(=O)N(C)[C@H](C(=O)Cc1nc(C(=O)N[C@@H](CC(=O)O)C(=O)CCC(=O)O)cs1)C(C)C. The van der Waals surface area contributed by atoms with Crippen LogP contribution in [0.1, 0.15) is 81.0 Å². The summed E-state index contributed by atoms with van der Waals surface area (Å²) >= 11 is 1.01. The largest absolute Gasteiger partial charge is 0.481 e. The van der Waals surface area contributed by atoms with Crippen LogP contribution in [-0.2, 0) is 41.6 Å². The summed E-state index contributed by atoms with van der Waals surface area (Å²) in [6, 6.07) is -3.15. The second-order valence-electron chi connectivity index (χ2n) is 11.9. The number of carbonyl (C=O) groups excluding carboxylic acids is 5. The predicted octanol–water partition coefficient (Wildman–Crippen LogP) is 1.66. The van der Waals surface area contributed by atoms with Crippen molar-refractivity contribution in [1.82, 2.24) is 25.2 Å². The van der Waals surface area contributed by atoms with Gasteiger partial charge < -0.3 is 31.1 Å². The summed E-state index contributed by atoms with van der Waals surface area (Å²) in [5.41, 5.74) is 6.71. The minimum absolute atomic E-state index is 0.0842. The predicted molar refractivity (Wildman–Crippen MR) is 170 cm³/mol. The lowest BCUT2D eigenvalue weighted by Gasteiger charge is -2.34. The highest BCUT2D eigenvalue weighted by molar-refractivity contribution is 7.10. The smallest absolute Gasteiger partial charge is 0.305 e. The number of Topliss-reactive ketones (excluding diaryl/α,β-unsaturated/α-hetero) is 3. The average Bonchev–Trinajstić information content (AvgIpc) is 3.69. The highest BCUT2D eigenvalue weighted by atomic mass is 32.1. The van der Waals surface area contributed by atoms with E-state index in [1.165, 1.54) is 23.7 Å². The normalized spacial score (nSPS) is 14.4. The number of carboxylic acid groups (broad SMARTS) is 2. The Hall–Kier alpha value is -4.31. The van der Waals surface area contributed by atoms with Crippen molar-refractivity contribution in [3.05, 3.63) is 34.3 Å². The molecule has 0 fully saturated rings. The zero-order chi connectivity index (χ0) is 35.4. The lowest BCUT2D eigenvalue weighted by atomic mass is 9.83. The van der Waals surface area contributed by atoms with Crippen molar-refractivity contribution >= 4 is 52.4 Å². The molecule has 2 heterocycles. The Balaban J connectivity index is 2.15. The van der Waals surface area contributed by atoms with E-state index in [-0.39, 0.29) is 59.3 Å². The summed E-state index contributed by atoms with van der Waals surface area (Å²) in [4.78, 5) is 100. The van der Waals surface area contributed by atoms with Crippen molar-refractivity contribution < 1.29 is 43.8 Å². The van der Waals surface area contributed by atoms with Crippen LogP contribution in [0.25, 0.3) is 0 Å². The summed E-state index contributed by atoms with van der Waals surface area (Å²) < 4.78 is 0. The molecule has 5 atom stereocenters. The maximum absolute atomic E-state index is 13.8. The van der Waals surface area contributed by atoms with Crippen LogP contribution >= 0.6 is 11.3 Å². The van der Waals surface area contributed by atoms with Crippen LogP contribution in [0.15, 0.2) is 17.9 Å². The minimum Gasteiger partial charge on any atom is -0.481 e. The quantitative estimate of drug-likeness (QED) is 0.127. The first-order valence-corrected chi connectivity index (χ1v) is 16.2. The van der Waals surface area contributed by atoms with E-state index in [0.29, 0.717) is 12.1 Å². The number of nitrogens with two attached hydrogens (primary N) is 1. The van der Waals surface area contributed by atoms with E-state index in [9.17, 15) is 33.6 Å². The Labute approximate surface area is 276 Å². The van der Waals surface area contributed by atoms with Gasteiger partial charge >= 0.3 is 11.9 Å². The molecule has 0 saturated heterocycles. The number of rotatable bonds is 21. The number of amides is 2. The van der Waals surface area contributed by atoms with E-state index < -0.39 is 66.9 Å². The third-order valence-electron chi connectivity index (χ3n) is 7.97. The van der Waals surface area contributed by atoms with Gasteiger partial charge in [0.25, 0.3) is 5.91 Å². The number of aromatic nitrogens is 3. The molecule has 0 aliphatic carbocycles. The molecular weight excluding hydrogens is 632 g/mol. The molecule has 0 aliphatic heterocycles. The molecule has 0 saturated carbocycles. The number of aliphatic carboxylic acids is 2. The number of H-pyrrole nitrogens is 1. The van der Waals surface area contributed by atoms with Crippen molar-refractivity contribution in [1.29, 1.82) is 0 Å².